The number of aryl methyl sites for hydroxylation is 1. The normalized spacial score (nSPS) is 11.5. The highest BCUT2D eigenvalue weighted by Gasteiger charge is 2.24. The molecule has 14 heavy (non-hydrogen) atoms. The van der Waals surface area contributed by atoms with Gasteiger partial charge in [0.2, 0.25) is 4.67 Å². The molecule has 0 fully saturated rings. The van der Waals surface area contributed by atoms with Crippen molar-refractivity contribution >= 4 is 21.9 Å². The first-order chi connectivity index (χ1) is 6.31. The van der Waals surface area contributed by atoms with Gasteiger partial charge in [-0.3, -0.25) is 0 Å². The van der Waals surface area contributed by atoms with E-state index in [1.165, 1.54) is 0 Å². The van der Waals surface area contributed by atoms with Gasteiger partial charge < -0.3 is 9.26 Å². The lowest BCUT2D eigenvalue weighted by atomic mass is 10.2. The molecule has 0 aliphatic rings. The molecule has 78 valence electrons. The average Bonchev–Trinajstić information content (AvgIpc) is 2.27. The summed E-state index contributed by atoms with van der Waals surface area (Å²) in [7, 11) is 0. The number of carbonyl (C=O) groups is 1. The molecule has 0 aliphatic carbocycles. The van der Waals surface area contributed by atoms with Crippen molar-refractivity contribution in [3.8, 4) is 0 Å². The van der Waals surface area contributed by atoms with E-state index in [2.05, 4.69) is 21.1 Å². The van der Waals surface area contributed by atoms with Crippen LogP contribution >= 0.6 is 15.9 Å². The number of ether oxygens (including phenoxy) is 1. The van der Waals surface area contributed by atoms with Crippen LogP contribution in [0.5, 0.6) is 0 Å². The molecular weight excluding hydrogens is 250 g/mol. The highest BCUT2D eigenvalue weighted by Crippen LogP contribution is 2.22. The molecule has 0 radical (unpaired) electrons. The first-order valence-corrected chi connectivity index (χ1v) is 4.95. The van der Waals surface area contributed by atoms with Crippen LogP contribution in [0.25, 0.3) is 0 Å². The summed E-state index contributed by atoms with van der Waals surface area (Å²) in [6.07, 6.45) is 0. The highest BCUT2D eigenvalue weighted by molar-refractivity contribution is 9.10. The van der Waals surface area contributed by atoms with Crippen LogP contribution in [-0.4, -0.2) is 16.7 Å². The third-order valence-corrected chi connectivity index (χ3v) is 1.97. The van der Waals surface area contributed by atoms with E-state index in [1.807, 2.05) is 20.8 Å². The van der Waals surface area contributed by atoms with Crippen LogP contribution in [0.3, 0.4) is 0 Å². The minimum absolute atomic E-state index is 0.309. The predicted molar refractivity (Wildman–Crippen MR) is 54.1 cm³/mol. The summed E-state index contributed by atoms with van der Waals surface area (Å²) >= 11 is 3.10. The Labute approximate surface area is 90.7 Å². The summed E-state index contributed by atoms with van der Waals surface area (Å²) in [5.74, 6) is -0.428. The standard InChI is InChI=1S/C9H12BrNO3/c1-5-6(7(10)14-11-5)8(12)13-9(2,3)4/h1-4H3. The summed E-state index contributed by atoms with van der Waals surface area (Å²) in [6.45, 7) is 7.11. The molecule has 1 aromatic rings. The molecule has 0 aromatic carbocycles. The Morgan fingerprint density at radius 1 is 1.50 bits per heavy atom. The van der Waals surface area contributed by atoms with Crippen LogP contribution in [0.1, 0.15) is 36.8 Å². The smallest absolute Gasteiger partial charge is 0.345 e. The molecule has 0 amide bonds. The van der Waals surface area contributed by atoms with Gasteiger partial charge in [0.25, 0.3) is 0 Å². The van der Waals surface area contributed by atoms with Crippen molar-refractivity contribution in [1.29, 1.82) is 0 Å². The average molecular weight is 262 g/mol. The number of aromatic nitrogens is 1. The monoisotopic (exact) mass is 261 g/mol. The predicted octanol–water partition coefficient (Wildman–Crippen LogP) is 2.70. The molecule has 0 bridgehead atoms. The maximum atomic E-state index is 11.6. The number of nitrogens with zero attached hydrogens (tertiary/aromatic N) is 1. The van der Waals surface area contributed by atoms with Crippen LogP contribution in [0.15, 0.2) is 9.19 Å². The Kier molecular flexibility index (Phi) is 2.99. The molecule has 1 aromatic heterocycles. The fourth-order valence-corrected chi connectivity index (χ4v) is 1.42. The Bertz CT molecular complexity index is 332. The van der Waals surface area contributed by atoms with Gasteiger partial charge in [0.15, 0.2) is 0 Å². The van der Waals surface area contributed by atoms with Gasteiger partial charge in [0.1, 0.15) is 11.2 Å². The van der Waals surface area contributed by atoms with Gasteiger partial charge in [-0.1, -0.05) is 5.16 Å². The second-order valence-corrected chi connectivity index (χ2v) is 4.64. The van der Waals surface area contributed by atoms with Gasteiger partial charge >= 0.3 is 5.97 Å². The van der Waals surface area contributed by atoms with Crippen molar-refractivity contribution in [2.24, 2.45) is 0 Å². The topological polar surface area (TPSA) is 52.3 Å². The van der Waals surface area contributed by atoms with Crippen molar-refractivity contribution in [2.45, 2.75) is 33.3 Å². The molecule has 0 aliphatic heterocycles. The number of rotatable bonds is 1. The van der Waals surface area contributed by atoms with E-state index in [-0.39, 0.29) is 0 Å². The largest absolute Gasteiger partial charge is 0.456 e. The third kappa shape index (κ3) is 2.57. The molecule has 0 atom stereocenters. The SMILES string of the molecule is Cc1noc(Br)c1C(=O)OC(C)(C)C. The van der Waals surface area contributed by atoms with Crippen LogP contribution in [0.2, 0.25) is 0 Å². The van der Waals surface area contributed by atoms with Crippen LogP contribution in [-0.2, 0) is 4.74 Å². The number of hydrogen-bond acceptors (Lipinski definition) is 4. The lowest BCUT2D eigenvalue weighted by molar-refractivity contribution is 0.00668. The zero-order valence-electron chi connectivity index (χ0n) is 8.55. The third-order valence-electron chi connectivity index (χ3n) is 1.42. The van der Waals surface area contributed by atoms with Gasteiger partial charge in [-0.05, 0) is 43.6 Å². The molecule has 0 unspecified atom stereocenters. The van der Waals surface area contributed by atoms with Crippen molar-refractivity contribution < 1.29 is 14.1 Å². The van der Waals surface area contributed by atoms with E-state index in [1.54, 1.807) is 6.92 Å². The molecule has 0 spiro atoms. The van der Waals surface area contributed by atoms with Crippen molar-refractivity contribution in [3.05, 3.63) is 15.9 Å². The fraction of sp³-hybridized carbons (Fsp3) is 0.556. The van der Waals surface area contributed by atoms with E-state index < -0.39 is 11.6 Å². The van der Waals surface area contributed by atoms with Crippen molar-refractivity contribution in [3.63, 3.8) is 0 Å². The van der Waals surface area contributed by atoms with E-state index in [0.29, 0.717) is 15.9 Å². The minimum Gasteiger partial charge on any atom is -0.456 e. The summed E-state index contributed by atoms with van der Waals surface area (Å²) in [5.41, 5.74) is 0.353. The highest BCUT2D eigenvalue weighted by atomic mass is 79.9. The molecule has 1 heterocycles. The maximum Gasteiger partial charge on any atom is 0.345 e. The number of hydrogen-bond donors (Lipinski definition) is 0. The Balaban J connectivity index is 2.90. The van der Waals surface area contributed by atoms with Gasteiger partial charge in [0, 0.05) is 0 Å². The summed E-state index contributed by atoms with van der Waals surface area (Å²) in [5, 5.41) is 3.64. The second kappa shape index (κ2) is 3.73. The zero-order chi connectivity index (χ0) is 10.9. The fourth-order valence-electron chi connectivity index (χ4n) is 0.899. The lowest BCUT2D eigenvalue weighted by Gasteiger charge is -2.18. The van der Waals surface area contributed by atoms with Gasteiger partial charge in [-0.2, -0.15) is 0 Å². The van der Waals surface area contributed by atoms with E-state index in [9.17, 15) is 4.79 Å². The first-order valence-electron chi connectivity index (χ1n) is 4.16. The summed E-state index contributed by atoms with van der Waals surface area (Å²) in [4.78, 5) is 11.6. The molecule has 0 saturated heterocycles. The molecule has 0 saturated carbocycles. The molecule has 1 rings (SSSR count). The summed E-state index contributed by atoms with van der Waals surface area (Å²) in [6, 6.07) is 0. The van der Waals surface area contributed by atoms with Gasteiger partial charge in [0.05, 0.1) is 5.69 Å². The molecule has 5 heteroatoms. The number of esters is 1. The molecule has 4 nitrogen and oxygen atoms in total. The van der Waals surface area contributed by atoms with Crippen LogP contribution in [0.4, 0.5) is 0 Å². The Hall–Kier alpha value is -0.840. The Morgan fingerprint density at radius 2 is 2.07 bits per heavy atom. The quantitative estimate of drug-likeness (QED) is 0.730. The number of halogens is 1. The van der Waals surface area contributed by atoms with E-state index in [0.717, 1.165) is 0 Å². The van der Waals surface area contributed by atoms with Crippen LogP contribution in [0, 0.1) is 6.92 Å². The van der Waals surface area contributed by atoms with E-state index >= 15 is 0 Å². The van der Waals surface area contributed by atoms with Crippen molar-refractivity contribution in [2.75, 3.05) is 0 Å². The number of carbonyl (C=O) groups excluding carboxylic acids is 1. The maximum absolute atomic E-state index is 11.6. The van der Waals surface area contributed by atoms with Gasteiger partial charge in [-0.25, -0.2) is 4.79 Å². The van der Waals surface area contributed by atoms with E-state index in [4.69, 9.17) is 9.26 Å². The molecule has 0 N–H and O–H groups in total. The Morgan fingerprint density at radius 3 is 2.43 bits per heavy atom. The first kappa shape index (κ1) is 11.2. The van der Waals surface area contributed by atoms with Gasteiger partial charge in [-0.15, -0.1) is 0 Å². The lowest BCUT2D eigenvalue weighted by Crippen LogP contribution is -2.24. The van der Waals surface area contributed by atoms with Crippen LogP contribution < -0.4 is 0 Å². The summed E-state index contributed by atoms with van der Waals surface area (Å²) < 4.78 is 10.3. The molecular formula is C9H12BrNO3. The minimum atomic E-state index is -0.514. The zero-order valence-corrected chi connectivity index (χ0v) is 10.1. The second-order valence-electron chi connectivity index (χ2n) is 3.92. The van der Waals surface area contributed by atoms with Crippen molar-refractivity contribution in [1.82, 2.24) is 5.16 Å².